The van der Waals surface area contributed by atoms with E-state index in [0.717, 1.165) is 4.88 Å². The average Bonchev–Trinajstić information content (AvgIpc) is 2.96. The number of aliphatic carboxylic acids is 1. The third kappa shape index (κ3) is 3.34. The highest BCUT2D eigenvalue weighted by Crippen LogP contribution is 2.22. The van der Waals surface area contributed by atoms with E-state index in [1.165, 1.54) is 16.0 Å². The third-order valence-electron chi connectivity index (χ3n) is 2.68. The Bertz CT molecular complexity index is 537. The van der Waals surface area contributed by atoms with Gasteiger partial charge in [0.05, 0.1) is 22.9 Å². The SMILES string of the molecule is CC(C)CC(Cn1nnnc1-c1cncs1)C(=O)O. The molecule has 7 nitrogen and oxygen atoms in total. The Hall–Kier alpha value is -1.83. The fourth-order valence-corrected chi connectivity index (χ4v) is 2.47. The summed E-state index contributed by atoms with van der Waals surface area (Å²) in [5, 5.41) is 20.7. The lowest BCUT2D eigenvalue weighted by Gasteiger charge is -2.14. The fraction of sp³-hybridized carbons (Fsp3) is 0.545. The van der Waals surface area contributed by atoms with E-state index in [9.17, 15) is 9.90 Å². The number of carboxylic acids is 1. The van der Waals surface area contributed by atoms with Crippen molar-refractivity contribution in [2.45, 2.75) is 26.8 Å². The molecule has 0 saturated carbocycles. The molecule has 2 heterocycles. The van der Waals surface area contributed by atoms with E-state index < -0.39 is 11.9 Å². The van der Waals surface area contributed by atoms with Crippen molar-refractivity contribution in [1.82, 2.24) is 25.2 Å². The molecule has 1 unspecified atom stereocenters. The number of thiazole rings is 1. The van der Waals surface area contributed by atoms with Crippen LogP contribution in [0.4, 0.5) is 0 Å². The summed E-state index contributed by atoms with van der Waals surface area (Å²) >= 11 is 1.42. The van der Waals surface area contributed by atoms with E-state index in [-0.39, 0.29) is 6.54 Å². The Labute approximate surface area is 114 Å². The molecular weight excluding hydrogens is 266 g/mol. The quantitative estimate of drug-likeness (QED) is 0.863. The van der Waals surface area contributed by atoms with Crippen molar-refractivity contribution in [2.75, 3.05) is 0 Å². The molecule has 0 aliphatic carbocycles. The lowest BCUT2D eigenvalue weighted by molar-refractivity contribution is -0.142. The van der Waals surface area contributed by atoms with Crippen LogP contribution in [0.5, 0.6) is 0 Å². The van der Waals surface area contributed by atoms with Crippen molar-refractivity contribution in [3.05, 3.63) is 11.7 Å². The second-order valence-corrected chi connectivity index (χ2v) is 5.60. The van der Waals surface area contributed by atoms with Crippen LogP contribution in [0, 0.1) is 11.8 Å². The number of aromatic nitrogens is 5. The molecule has 0 aromatic carbocycles. The molecule has 8 heteroatoms. The van der Waals surface area contributed by atoms with E-state index in [1.807, 2.05) is 13.8 Å². The number of hydrogen-bond donors (Lipinski definition) is 1. The molecule has 1 atom stereocenters. The number of hydrogen-bond acceptors (Lipinski definition) is 6. The summed E-state index contributed by atoms with van der Waals surface area (Å²) < 4.78 is 1.54. The molecule has 19 heavy (non-hydrogen) atoms. The van der Waals surface area contributed by atoms with Crippen LogP contribution >= 0.6 is 11.3 Å². The zero-order chi connectivity index (χ0) is 13.8. The Balaban J connectivity index is 2.18. The summed E-state index contributed by atoms with van der Waals surface area (Å²) in [5.41, 5.74) is 1.69. The van der Waals surface area contributed by atoms with Gasteiger partial charge in [-0.3, -0.25) is 9.78 Å². The van der Waals surface area contributed by atoms with E-state index >= 15 is 0 Å². The van der Waals surface area contributed by atoms with Gasteiger partial charge in [-0.05, 0) is 22.8 Å². The molecule has 0 saturated heterocycles. The molecule has 2 aromatic heterocycles. The van der Waals surface area contributed by atoms with Crippen LogP contribution in [0.2, 0.25) is 0 Å². The van der Waals surface area contributed by atoms with Crippen LogP contribution in [-0.4, -0.2) is 36.3 Å². The molecule has 0 bridgehead atoms. The smallest absolute Gasteiger partial charge is 0.308 e. The van der Waals surface area contributed by atoms with E-state index in [4.69, 9.17) is 0 Å². The van der Waals surface area contributed by atoms with Gasteiger partial charge in [-0.25, -0.2) is 4.68 Å². The molecule has 0 amide bonds. The molecule has 102 valence electrons. The van der Waals surface area contributed by atoms with Crippen molar-refractivity contribution in [2.24, 2.45) is 11.8 Å². The summed E-state index contributed by atoms with van der Waals surface area (Å²) in [6, 6.07) is 0. The lowest BCUT2D eigenvalue weighted by Crippen LogP contribution is -2.23. The molecular formula is C11H15N5O2S. The highest BCUT2D eigenvalue weighted by Gasteiger charge is 2.22. The number of nitrogens with zero attached hydrogens (tertiary/aromatic N) is 5. The van der Waals surface area contributed by atoms with Crippen LogP contribution in [-0.2, 0) is 11.3 Å². The normalized spacial score (nSPS) is 12.8. The molecule has 0 aliphatic heterocycles. The maximum atomic E-state index is 11.3. The largest absolute Gasteiger partial charge is 0.481 e. The van der Waals surface area contributed by atoms with Crippen LogP contribution < -0.4 is 0 Å². The first-order chi connectivity index (χ1) is 9.08. The first-order valence-corrected chi connectivity index (χ1v) is 6.83. The Morgan fingerprint density at radius 2 is 2.32 bits per heavy atom. The zero-order valence-corrected chi connectivity index (χ0v) is 11.5. The third-order valence-corrected chi connectivity index (χ3v) is 3.45. The van der Waals surface area contributed by atoms with Gasteiger partial charge in [0.25, 0.3) is 0 Å². The first-order valence-electron chi connectivity index (χ1n) is 5.95. The predicted molar refractivity (Wildman–Crippen MR) is 69.5 cm³/mol. The number of carbonyl (C=O) groups is 1. The van der Waals surface area contributed by atoms with Gasteiger partial charge in [0.15, 0.2) is 5.82 Å². The molecule has 1 N–H and O–H groups in total. The van der Waals surface area contributed by atoms with Crippen molar-refractivity contribution in [1.29, 1.82) is 0 Å². The van der Waals surface area contributed by atoms with Crippen LogP contribution in [0.25, 0.3) is 10.7 Å². The van der Waals surface area contributed by atoms with Crippen molar-refractivity contribution >= 4 is 17.3 Å². The van der Waals surface area contributed by atoms with Gasteiger partial charge in [0, 0.05) is 6.20 Å². The molecule has 2 rings (SSSR count). The predicted octanol–water partition coefficient (Wildman–Crippen LogP) is 1.54. The summed E-state index contributed by atoms with van der Waals surface area (Å²) in [4.78, 5) is 16.1. The van der Waals surface area contributed by atoms with Gasteiger partial charge < -0.3 is 5.11 Å². The summed E-state index contributed by atoms with van der Waals surface area (Å²) in [5.74, 6) is -0.434. The van der Waals surface area contributed by atoms with Crippen LogP contribution in [0.3, 0.4) is 0 Å². The minimum Gasteiger partial charge on any atom is -0.481 e. The van der Waals surface area contributed by atoms with Crippen molar-refractivity contribution in [3.8, 4) is 10.7 Å². The minimum atomic E-state index is -0.820. The number of tetrazole rings is 1. The molecule has 0 radical (unpaired) electrons. The van der Waals surface area contributed by atoms with E-state index in [2.05, 4.69) is 20.5 Å². The molecule has 0 spiro atoms. The Morgan fingerprint density at radius 3 is 2.89 bits per heavy atom. The molecule has 0 fully saturated rings. The van der Waals surface area contributed by atoms with E-state index in [1.54, 1.807) is 11.7 Å². The van der Waals surface area contributed by atoms with Gasteiger partial charge in [-0.2, -0.15) is 0 Å². The fourth-order valence-electron chi connectivity index (χ4n) is 1.86. The second kappa shape index (κ2) is 5.87. The van der Waals surface area contributed by atoms with Gasteiger partial charge in [0.1, 0.15) is 0 Å². The maximum absolute atomic E-state index is 11.3. The zero-order valence-electron chi connectivity index (χ0n) is 10.7. The van der Waals surface area contributed by atoms with Crippen LogP contribution in [0.15, 0.2) is 11.7 Å². The van der Waals surface area contributed by atoms with Crippen molar-refractivity contribution in [3.63, 3.8) is 0 Å². The number of rotatable bonds is 6. The lowest BCUT2D eigenvalue weighted by atomic mass is 9.97. The Kier molecular flexibility index (Phi) is 4.20. The van der Waals surface area contributed by atoms with Gasteiger partial charge in [0.2, 0.25) is 0 Å². The maximum Gasteiger partial charge on any atom is 0.308 e. The standard InChI is InChI=1S/C11H15N5O2S/c1-7(2)3-8(11(17)18)5-16-10(13-14-15-16)9-4-12-6-19-9/h4,6-8H,3,5H2,1-2H3,(H,17,18). The minimum absolute atomic E-state index is 0.272. The van der Waals surface area contributed by atoms with Crippen LogP contribution in [0.1, 0.15) is 20.3 Å². The summed E-state index contributed by atoms with van der Waals surface area (Å²) in [6.07, 6.45) is 2.27. The summed E-state index contributed by atoms with van der Waals surface area (Å²) in [7, 11) is 0. The van der Waals surface area contributed by atoms with Gasteiger partial charge >= 0.3 is 5.97 Å². The summed E-state index contributed by atoms with van der Waals surface area (Å²) in [6.45, 7) is 4.27. The topological polar surface area (TPSA) is 93.8 Å². The van der Waals surface area contributed by atoms with E-state index in [0.29, 0.717) is 18.2 Å². The van der Waals surface area contributed by atoms with Crippen molar-refractivity contribution < 1.29 is 9.90 Å². The number of carboxylic acid groups (broad SMARTS) is 1. The highest BCUT2D eigenvalue weighted by molar-refractivity contribution is 7.13. The second-order valence-electron chi connectivity index (χ2n) is 4.71. The molecule has 0 aliphatic rings. The monoisotopic (exact) mass is 281 g/mol. The van der Waals surface area contributed by atoms with Gasteiger partial charge in [-0.15, -0.1) is 16.4 Å². The molecule has 2 aromatic rings. The average molecular weight is 281 g/mol. The first kappa shape index (κ1) is 13.6. The highest BCUT2D eigenvalue weighted by atomic mass is 32.1. The Morgan fingerprint density at radius 1 is 1.53 bits per heavy atom. The van der Waals surface area contributed by atoms with Gasteiger partial charge in [-0.1, -0.05) is 13.8 Å².